The Bertz CT molecular complexity index is 942. The Morgan fingerprint density at radius 1 is 1.24 bits per heavy atom. The number of fused-ring (bicyclic) bond motifs is 1. The number of ether oxygens (including phenoxy) is 1. The van der Waals surface area contributed by atoms with Crippen LogP contribution in [0.25, 0.3) is 0 Å². The van der Waals surface area contributed by atoms with Crippen molar-refractivity contribution in [3.63, 3.8) is 0 Å². The minimum atomic E-state index is -4.06. The van der Waals surface area contributed by atoms with E-state index in [1.165, 1.54) is 16.0 Å². The van der Waals surface area contributed by atoms with Gasteiger partial charge < -0.3 is 9.22 Å². The van der Waals surface area contributed by atoms with E-state index >= 15 is 0 Å². The third-order valence-electron chi connectivity index (χ3n) is 6.79. The molecular formula is C22H30NO4S2+. The van der Waals surface area contributed by atoms with Crippen molar-refractivity contribution in [2.75, 3.05) is 26.1 Å². The summed E-state index contributed by atoms with van der Waals surface area (Å²) in [4.78, 5) is 1.28. The normalized spacial score (nSPS) is 27.0. The van der Waals surface area contributed by atoms with Gasteiger partial charge in [0.05, 0.1) is 26.2 Å². The molecule has 2 heterocycles. The van der Waals surface area contributed by atoms with Crippen LogP contribution in [0.15, 0.2) is 35.7 Å². The minimum Gasteiger partial charge on any atom is -0.497 e. The van der Waals surface area contributed by atoms with Crippen LogP contribution in [-0.4, -0.2) is 49.6 Å². The lowest BCUT2D eigenvalue weighted by molar-refractivity contribution is -0.930. The average molecular weight is 437 g/mol. The van der Waals surface area contributed by atoms with Crippen LogP contribution in [0.1, 0.15) is 47.6 Å². The number of quaternary nitrogens is 1. The van der Waals surface area contributed by atoms with E-state index in [0.29, 0.717) is 10.4 Å². The first-order valence-electron chi connectivity index (χ1n) is 10.4. The van der Waals surface area contributed by atoms with Gasteiger partial charge in [-0.25, -0.2) is 0 Å². The number of aryl methyl sites for hydroxylation is 1. The Morgan fingerprint density at radius 3 is 2.83 bits per heavy atom. The third-order valence-corrected chi connectivity index (χ3v) is 8.56. The Morgan fingerprint density at radius 2 is 2.10 bits per heavy atom. The number of methoxy groups -OCH3 is 1. The maximum atomic E-state index is 12.0. The molecule has 1 aromatic carbocycles. The summed E-state index contributed by atoms with van der Waals surface area (Å²) in [6.45, 7) is 1.57. The van der Waals surface area contributed by atoms with Gasteiger partial charge in [-0.2, -0.15) is 8.42 Å². The first kappa shape index (κ1) is 20.8. The van der Waals surface area contributed by atoms with E-state index in [4.69, 9.17) is 4.74 Å². The van der Waals surface area contributed by atoms with E-state index in [1.807, 2.05) is 12.1 Å². The average Bonchev–Trinajstić information content (AvgIpc) is 3.34. The van der Waals surface area contributed by atoms with Crippen LogP contribution in [0.5, 0.6) is 5.75 Å². The molecule has 0 saturated carbocycles. The van der Waals surface area contributed by atoms with E-state index in [0.717, 1.165) is 57.4 Å². The number of hydrogen-bond donors (Lipinski definition) is 1. The predicted molar refractivity (Wildman–Crippen MR) is 116 cm³/mol. The van der Waals surface area contributed by atoms with Crippen LogP contribution in [0.3, 0.4) is 0 Å². The van der Waals surface area contributed by atoms with Crippen molar-refractivity contribution in [1.82, 2.24) is 0 Å². The Kier molecular flexibility index (Phi) is 6.02. The van der Waals surface area contributed by atoms with Crippen LogP contribution >= 0.6 is 11.3 Å². The fourth-order valence-corrected chi connectivity index (χ4v) is 7.41. The van der Waals surface area contributed by atoms with Crippen molar-refractivity contribution in [3.05, 3.63) is 51.7 Å². The SMILES string of the molecule is COc1ccc2c(c1)CCCC2C1CCC[N+]1(CCc1cccs1)CS(=O)(=O)O. The van der Waals surface area contributed by atoms with Crippen molar-refractivity contribution in [2.24, 2.45) is 0 Å². The highest BCUT2D eigenvalue weighted by atomic mass is 32.2. The molecule has 3 unspecified atom stereocenters. The van der Waals surface area contributed by atoms with E-state index in [9.17, 15) is 13.0 Å². The highest BCUT2D eigenvalue weighted by molar-refractivity contribution is 7.85. The van der Waals surface area contributed by atoms with Crippen LogP contribution in [-0.2, 0) is 23.0 Å². The summed E-state index contributed by atoms with van der Waals surface area (Å²) in [6, 6.07) is 10.7. The van der Waals surface area contributed by atoms with Gasteiger partial charge in [0, 0.05) is 30.1 Å². The summed E-state index contributed by atoms with van der Waals surface area (Å²) in [6.07, 6.45) is 6.10. The maximum absolute atomic E-state index is 12.0. The van der Waals surface area contributed by atoms with Gasteiger partial charge >= 0.3 is 10.1 Å². The quantitative estimate of drug-likeness (QED) is 0.521. The van der Waals surface area contributed by atoms with Gasteiger partial charge in [-0.05, 0) is 54.0 Å². The molecule has 5 nitrogen and oxygen atoms in total. The lowest BCUT2D eigenvalue weighted by Crippen LogP contribution is -2.57. The number of rotatable bonds is 7. The number of benzene rings is 1. The molecule has 2 aliphatic rings. The van der Waals surface area contributed by atoms with Crippen LogP contribution in [0.4, 0.5) is 0 Å². The molecule has 0 radical (unpaired) electrons. The molecule has 0 spiro atoms. The zero-order valence-corrected chi connectivity index (χ0v) is 18.6. The van der Waals surface area contributed by atoms with Crippen LogP contribution < -0.4 is 4.74 Å². The topological polar surface area (TPSA) is 63.6 Å². The zero-order chi connectivity index (χ0) is 20.5. The molecule has 0 bridgehead atoms. The van der Waals surface area contributed by atoms with Crippen molar-refractivity contribution in [3.8, 4) is 5.75 Å². The van der Waals surface area contributed by atoms with Gasteiger partial charge in [-0.1, -0.05) is 12.1 Å². The number of hydrogen-bond acceptors (Lipinski definition) is 4. The molecule has 1 aliphatic heterocycles. The van der Waals surface area contributed by atoms with Crippen LogP contribution in [0.2, 0.25) is 0 Å². The van der Waals surface area contributed by atoms with E-state index in [2.05, 4.69) is 23.6 Å². The molecule has 158 valence electrons. The molecule has 1 saturated heterocycles. The fraction of sp³-hybridized carbons (Fsp3) is 0.545. The second kappa shape index (κ2) is 8.38. The number of likely N-dealkylation sites (tertiary alicyclic amines) is 1. The molecule has 1 N–H and O–H groups in total. The molecule has 1 aromatic heterocycles. The lowest BCUT2D eigenvalue weighted by Gasteiger charge is -2.44. The molecule has 1 fully saturated rings. The van der Waals surface area contributed by atoms with Gasteiger partial charge in [-0.3, -0.25) is 4.55 Å². The number of nitrogens with zero attached hydrogens (tertiary/aromatic N) is 1. The molecule has 0 amide bonds. The first-order chi connectivity index (χ1) is 13.9. The molecule has 7 heteroatoms. The van der Waals surface area contributed by atoms with Crippen molar-refractivity contribution < 1.29 is 22.2 Å². The van der Waals surface area contributed by atoms with Gasteiger partial charge in [0.15, 0.2) is 0 Å². The summed E-state index contributed by atoms with van der Waals surface area (Å²) in [5, 5.41) is 2.06. The molecular weight excluding hydrogens is 406 g/mol. The van der Waals surface area contributed by atoms with Crippen molar-refractivity contribution in [2.45, 2.75) is 50.5 Å². The van der Waals surface area contributed by atoms with Crippen LogP contribution in [0, 0.1) is 0 Å². The lowest BCUT2D eigenvalue weighted by atomic mass is 9.77. The molecule has 29 heavy (non-hydrogen) atoms. The summed E-state index contributed by atoms with van der Waals surface area (Å²) in [5.74, 6) is 1.04. The Labute approximate surface area is 177 Å². The summed E-state index contributed by atoms with van der Waals surface area (Å²) < 4.78 is 39.8. The zero-order valence-electron chi connectivity index (χ0n) is 16.9. The van der Waals surface area contributed by atoms with Crippen molar-refractivity contribution >= 4 is 21.5 Å². The van der Waals surface area contributed by atoms with Crippen molar-refractivity contribution in [1.29, 1.82) is 0 Å². The molecule has 2 aromatic rings. The number of thiophene rings is 1. The second-order valence-electron chi connectivity index (χ2n) is 8.48. The van der Waals surface area contributed by atoms with Gasteiger partial charge in [-0.15, -0.1) is 11.3 Å². The Hall–Kier alpha value is -1.41. The van der Waals surface area contributed by atoms with E-state index < -0.39 is 10.1 Å². The third kappa shape index (κ3) is 4.53. The standard InChI is InChI=1S/C22H29NO4S2/c1-27-18-9-10-20-17(15-18)5-2-7-21(20)22-8-3-12-23(22,16-29(24,25)26)13-11-19-6-4-14-28-19/h4,6,9-10,14-15,21-22H,2-3,5,7-8,11-13,16H2,1H3/p+1. The molecule has 3 atom stereocenters. The molecule has 1 aliphatic carbocycles. The van der Waals surface area contributed by atoms with Gasteiger partial charge in [0.25, 0.3) is 0 Å². The van der Waals surface area contributed by atoms with E-state index in [1.54, 1.807) is 18.4 Å². The van der Waals surface area contributed by atoms with E-state index in [-0.39, 0.29) is 11.9 Å². The monoisotopic (exact) mass is 436 g/mol. The highest BCUT2D eigenvalue weighted by Gasteiger charge is 2.49. The largest absolute Gasteiger partial charge is 0.497 e. The fourth-order valence-electron chi connectivity index (χ4n) is 5.61. The second-order valence-corrected chi connectivity index (χ2v) is 10.9. The molecule has 4 rings (SSSR count). The maximum Gasteiger partial charge on any atom is 0.316 e. The first-order valence-corrected chi connectivity index (χ1v) is 12.9. The summed E-state index contributed by atoms with van der Waals surface area (Å²) in [7, 11) is -2.37. The predicted octanol–water partition coefficient (Wildman–Crippen LogP) is 4.24. The summed E-state index contributed by atoms with van der Waals surface area (Å²) >= 11 is 1.72. The smallest absolute Gasteiger partial charge is 0.316 e. The van der Waals surface area contributed by atoms with Gasteiger partial charge in [0.1, 0.15) is 5.75 Å². The Balaban J connectivity index is 1.67. The highest BCUT2D eigenvalue weighted by Crippen LogP contribution is 2.44. The minimum absolute atomic E-state index is 0.176. The van der Waals surface area contributed by atoms with Gasteiger partial charge in [0.2, 0.25) is 5.88 Å². The summed E-state index contributed by atoms with van der Waals surface area (Å²) in [5.41, 5.74) is 2.67.